The highest BCUT2D eigenvalue weighted by atomic mass is 16.5. The molecule has 0 spiro atoms. The SMILES string of the molecule is C=CC(=O)N1CCC(Oc2cccc3cncnc23)CC1. The standard InChI is InChI=1S/C16H17N3O2/c1-2-15(20)19-8-6-13(7-9-19)21-14-5-3-4-12-10-17-11-18-16(12)14/h2-5,10-11,13H,1,6-9H2. The van der Waals surface area contributed by atoms with Crippen LogP contribution in [0.15, 0.2) is 43.4 Å². The molecule has 1 saturated heterocycles. The van der Waals surface area contributed by atoms with Crippen LogP contribution < -0.4 is 4.74 Å². The fourth-order valence-electron chi connectivity index (χ4n) is 2.58. The number of hydrogen-bond acceptors (Lipinski definition) is 4. The van der Waals surface area contributed by atoms with Crippen LogP contribution in [0.3, 0.4) is 0 Å². The van der Waals surface area contributed by atoms with Crippen LogP contribution in [0, 0.1) is 0 Å². The average Bonchev–Trinajstić information content (AvgIpc) is 2.55. The zero-order valence-corrected chi connectivity index (χ0v) is 11.7. The number of aromatic nitrogens is 2. The molecule has 0 unspecified atom stereocenters. The van der Waals surface area contributed by atoms with Gasteiger partial charge in [0.2, 0.25) is 5.91 Å². The summed E-state index contributed by atoms with van der Waals surface area (Å²) in [6, 6.07) is 5.83. The van der Waals surface area contributed by atoms with E-state index < -0.39 is 0 Å². The first-order valence-electron chi connectivity index (χ1n) is 7.04. The molecule has 0 radical (unpaired) electrons. The summed E-state index contributed by atoms with van der Waals surface area (Å²) >= 11 is 0. The van der Waals surface area contributed by atoms with Crippen molar-refractivity contribution >= 4 is 16.8 Å². The van der Waals surface area contributed by atoms with E-state index in [0.29, 0.717) is 13.1 Å². The first-order chi connectivity index (χ1) is 10.3. The Morgan fingerprint density at radius 2 is 2.19 bits per heavy atom. The number of hydrogen-bond donors (Lipinski definition) is 0. The number of rotatable bonds is 3. The summed E-state index contributed by atoms with van der Waals surface area (Å²) in [6.07, 6.45) is 6.42. The maximum Gasteiger partial charge on any atom is 0.245 e. The van der Waals surface area contributed by atoms with Crippen LogP contribution in [0.1, 0.15) is 12.8 Å². The number of nitrogens with zero attached hydrogens (tertiary/aromatic N) is 3. The molecular weight excluding hydrogens is 266 g/mol. The third kappa shape index (κ3) is 2.86. The normalized spacial score (nSPS) is 15.9. The average molecular weight is 283 g/mol. The summed E-state index contributed by atoms with van der Waals surface area (Å²) in [5.74, 6) is 0.773. The van der Waals surface area contributed by atoms with Crippen molar-refractivity contribution in [3.8, 4) is 5.75 Å². The molecule has 1 amide bonds. The van der Waals surface area contributed by atoms with E-state index in [1.54, 1.807) is 11.1 Å². The smallest absolute Gasteiger partial charge is 0.245 e. The van der Waals surface area contributed by atoms with Gasteiger partial charge in [-0.2, -0.15) is 0 Å². The summed E-state index contributed by atoms with van der Waals surface area (Å²) in [6.45, 7) is 4.93. The third-order valence-corrected chi connectivity index (χ3v) is 3.72. The molecule has 1 aromatic heterocycles. The van der Waals surface area contributed by atoms with E-state index >= 15 is 0 Å². The van der Waals surface area contributed by atoms with Gasteiger partial charge in [-0.1, -0.05) is 18.7 Å². The summed E-state index contributed by atoms with van der Waals surface area (Å²) in [7, 11) is 0. The Balaban J connectivity index is 1.70. The molecular formula is C16H17N3O2. The van der Waals surface area contributed by atoms with E-state index in [0.717, 1.165) is 29.5 Å². The van der Waals surface area contributed by atoms with Gasteiger partial charge in [0, 0.05) is 37.5 Å². The minimum Gasteiger partial charge on any atom is -0.488 e. The first-order valence-corrected chi connectivity index (χ1v) is 7.04. The van der Waals surface area contributed by atoms with Crippen LogP contribution in [0.2, 0.25) is 0 Å². The monoisotopic (exact) mass is 283 g/mol. The van der Waals surface area contributed by atoms with Crippen molar-refractivity contribution in [2.45, 2.75) is 18.9 Å². The van der Waals surface area contributed by atoms with Crippen molar-refractivity contribution in [1.82, 2.24) is 14.9 Å². The van der Waals surface area contributed by atoms with Crippen molar-refractivity contribution in [3.63, 3.8) is 0 Å². The van der Waals surface area contributed by atoms with Crippen molar-refractivity contribution in [3.05, 3.63) is 43.4 Å². The van der Waals surface area contributed by atoms with Gasteiger partial charge in [0.25, 0.3) is 0 Å². The number of carbonyl (C=O) groups excluding carboxylic acids is 1. The Morgan fingerprint density at radius 1 is 1.38 bits per heavy atom. The zero-order chi connectivity index (χ0) is 14.7. The quantitative estimate of drug-likeness (QED) is 0.810. The van der Waals surface area contributed by atoms with Crippen molar-refractivity contribution in [2.75, 3.05) is 13.1 Å². The van der Waals surface area contributed by atoms with Crippen LogP contribution in [-0.2, 0) is 4.79 Å². The topological polar surface area (TPSA) is 55.3 Å². The lowest BCUT2D eigenvalue weighted by atomic mass is 10.1. The molecule has 0 atom stereocenters. The van der Waals surface area contributed by atoms with E-state index in [1.807, 2.05) is 18.2 Å². The lowest BCUT2D eigenvalue weighted by Gasteiger charge is -2.31. The van der Waals surface area contributed by atoms with E-state index in [9.17, 15) is 4.79 Å². The van der Waals surface area contributed by atoms with Gasteiger partial charge in [0.15, 0.2) is 0 Å². The Morgan fingerprint density at radius 3 is 2.95 bits per heavy atom. The van der Waals surface area contributed by atoms with Gasteiger partial charge in [0.1, 0.15) is 23.7 Å². The minimum absolute atomic E-state index is 0.00801. The molecule has 2 heterocycles. The second kappa shape index (κ2) is 5.91. The molecule has 2 aromatic rings. The molecule has 3 rings (SSSR count). The Hall–Kier alpha value is -2.43. The van der Waals surface area contributed by atoms with Crippen LogP contribution in [-0.4, -0.2) is 40.0 Å². The minimum atomic E-state index is -0.00801. The molecule has 0 saturated carbocycles. The van der Waals surface area contributed by atoms with Gasteiger partial charge in [-0.25, -0.2) is 9.97 Å². The lowest BCUT2D eigenvalue weighted by molar-refractivity contribution is -0.127. The maximum absolute atomic E-state index is 11.6. The van der Waals surface area contributed by atoms with Crippen molar-refractivity contribution < 1.29 is 9.53 Å². The van der Waals surface area contributed by atoms with Gasteiger partial charge in [-0.15, -0.1) is 0 Å². The molecule has 1 aliphatic rings. The number of ether oxygens (including phenoxy) is 1. The van der Waals surface area contributed by atoms with Gasteiger partial charge in [-0.3, -0.25) is 4.79 Å². The Labute approximate surface area is 123 Å². The summed E-state index contributed by atoms with van der Waals surface area (Å²) in [4.78, 5) is 21.7. The van der Waals surface area contributed by atoms with E-state index in [4.69, 9.17) is 4.74 Å². The first kappa shape index (κ1) is 13.5. The highest BCUT2D eigenvalue weighted by Gasteiger charge is 2.23. The molecule has 1 aliphatic heterocycles. The van der Waals surface area contributed by atoms with Crippen LogP contribution >= 0.6 is 0 Å². The molecule has 21 heavy (non-hydrogen) atoms. The van der Waals surface area contributed by atoms with Crippen LogP contribution in [0.25, 0.3) is 10.9 Å². The second-order valence-electron chi connectivity index (χ2n) is 5.06. The fourth-order valence-corrected chi connectivity index (χ4v) is 2.58. The van der Waals surface area contributed by atoms with Gasteiger partial charge >= 0.3 is 0 Å². The highest BCUT2D eigenvalue weighted by molar-refractivity contribution is 5.87. The number of benzene rings is 1. The number of likely N-dealkylation sites (tertiary alicyclic amines) is 1. The number of carbonyl (C=O) groups is 1. The number of fused-ring (bicyclic) bond motifs is 1. The van der Waals surface area contributed by atoms with E-state index in [-0.39, 0.29) is 12.0 Å². The third-order valence-electron chi connectivity index (χ3n) is 3.72. The Kier molecular flexibility index (Phi) is 3.81. The predicted molar refractivity (Wildman–Crippen MR) is 80.0 cm³/mol. The van der Waals surface area contributed by atoms with Crippen molar-refractivity contribution in [2.24, 2.45) is 0 Å². The molecule has 5 nitrogen and oxygen atoms in total. The largest absolute Gasteiger partial charge is 0.488 e. The summed E-state index contributed by atoms with van der Waals surface area (Å²) in [5, 5.41) is 0.967. The number of amides is 1. The van der Waals surface area contributed by atoms with Gasteiger partial charge in [0.05, 0.1) is 0 Å². The van der Waals surface area contributed by atoms with E-state index in [1.165, 1.54) is 12.4 Å². The second-order valence-corrected chi connectivity index (χ2v) is 5.06. The van der Waals surface area contributed by atoms with Gasteiger partial charge < -0.3 is 9.64 Å². The number of piperidine rings is 1. The lowest BCUT2D eigenvalue weighted by Crippen LogP contribution is -2.41. The fraction of sp³-hybridized carbons (Fsp3) is 0.312. The molecule has 0 aliphatic carbocycles. The van der Waals surface area contributed by atoms with Crippen LogP contribution in [0.5, 0.6) is 5.75 Å². The summed E-state index contributed by atoms with van der Waals surface area (Å²) < 4.78 is 6.08. The van der Waals surface area contributed by atoms with Crippen molar-refractivity contribution in [1.29, 1.82) is 0 Å². The maximum atomic E-state index is 11.6. The van der Waals surface area contributed by atoms with Gasteiger partial charge in [-0.05, 0) is 12.1 Å². The summed E-state index contributed by atoms with van der Waals surface area (Å²) in [5.41, 5.74) is 0.831. The zero-order valence-electron chi connectivity index (χ0n) is 11.7. The molecule has 0 N–H and O–H groups in total. The molecule has 108 valence electrons. The number of para-hydroxylation sites is 1. The molecule has 1 fully saturated rings. The molecule has 0 bridgehead atoms. The Bertz CT molecular complexity index is 658. The predicted octanol–water partition coefficient (Wildman–Crippen LogP) is 2.19. The highest BCUT2D eigenvalue weighted by Crippen LogP contribution is 2.25. The van der Waals surface area contributed by atoms with Crippen LogP contribution in [0.4, 0.5) is 0 Å². The molecule has 5 heteroatoms. The van der Waals surface area contributed by atoms with E-state index in [2.05, 4.69) is 16.5 Å². The molecule has 1 aromatic carbocycles.